The molecule has 0 saturated carbocycles. The van der Waals surface area contributed by atoms with Gasteiger partial charge >= 0.3 is 8.05 Å². The highest BCUT2D eigenvalue weighted by atomic mass is 35.5. The highest BCUT2D eigenvalue weighted by molar-refractivity contribution is 6.05. The average molecular weight is 298 g/mol. The molecule has 18 heavy (non-hydrogen) atoms. The molecule has 0 aliphatic carbocycles. The van der Waals surface area contributed by atoms with Gasteiger partial charge in [-0.2, -0.15) is 0 Å². The van der Waals surface area contributed by atoms with Crippen LogP contribution in [0.25, 0.3) is 0 Å². The van der Waals surface area contributed by atoms with E-state index in [-0.39, 0.29) is 42.2 Å². The van der Waals surface area contributed by atoms with Gasteiger partial charge < -0.3 is 9.97 Å². The number of unbranched alkanes of at least 4 members (excludes halogenated alkanes) is 1. The Balaban J connectivity index is -0.00000112. The standard InChI is InChI=1S/C12H24BNO2.2ClH/c1-5-6-7-10(11(15)16-13)8-9-14-12(2,3)4;;/h10,14H,5-9H2,1-4H3;2*1H. The van der Waals surface area contributed by atoms with Crippen LogP contribution >= 0.6 is 24.8 Å². The van der Waals surface area contributed by atoms with Gasteiger partial charge in [0.15, 0.2) is 0 Å². The van der Waals surface area contributed by atoms with E-state index < -0.39 is 0 Å². The number of nitrogens with one attached hydrogen (secondary N) is 1. The van der Waals surface area contributed by atoms with Crippen molar-refractivity contribution in [3.05, 3.63) is 0 Å². The Morgan fingerprint density at radius 2 is 1.83 bits per heavy atom. The van der Waals surface area contributed by atoms with Crippen LogP contribution in [0.3, 0.4) is 0 Å². The van der Waals surface area contributed by atoms with Crippen molar-refractivity contribution in [1.82, 2.24) is 5.32 Å². The Hall–Kier alpha value is 0.0749. The molecule has 6 heteroatoms. The molecule has 0 rings (SSSR count). The van der Waals surface area contributed by atoms with Crippen molar-refractivity contribution >= 4 is 38.8 Å². The first kappa shape index (κ1) is 23.2. The van der Waals surface area contributed by atoms with Crippen LogP contribution in [0.15, 0.2) is 0 Å². The van der Waals surface area contributed by atoms with E-state index >= 15 is 0 Å². The van der Waals surface area contributed by atoms with Crippen LogP contribution in [-0.4, -0.2) is 26.1 Å². The third-order valence-electron chi connectivity index (χ3n) is 2.50. The number of carbonyl (C=O) groups excluding carboxylic acids is 1. The Bertz CT molecular complexity index is 211. The van der Waals surface area contributed by atoms with E-state index in [1.54, 1.807) is 0 Å². The zero-order chi connectivity index (χ0) is 12.6. The largest absolute Gasteiger partial charge is 0.543 e. The van der Waals surface area contributed by atoms with Crippen LogP contribution in [0.5, 0.6) is 0 Å². The second-order valence-corrected chi connectivity index (χ2v) is 5.24. The molecule has 1 atom stereocenters. The third-order valence-corrected chi connectivity index (χ3v) is 2.50. The maximum Gasteiger partial charge on any atom is 0.378 e. The van der Waals surface area contributed by atoms with Crippen LogP contribution in [0.1, 0.15) is 53.4 Å². The summed E-state index contributed by atoms with van der Waals surface area (Å²) < 4.78 is 4.33. The Labute approximate surface area is 125 Å². The molecule has 0 aliphatic heterocycles. The molecule has 3 nitrogen and oxygen atoms in total. The SMILES string of the molecule is Cl.Cl.[B]OC(=O)C(CCCC)CCNC(C)(C)C. The fourth-order valence-electron chi connectivity index (χ4n) is 1.55. The molecule has 0 aromatic heterocycles. The molecule has 0 aromatic carbocycles. The van der Waals surface area contributed by atoms with Crippen LogP contribution in [0, 0.1) is 5.92 Å². The Morgan fingerprint density at radius 3 is 2.22 bits per heavy atom. The van der Waals surface area contributed by atoms with E-state index in [0.29, 0.717) is 0 Å². The molecular formula is C12H26BCl2NO2. The van der Waals surface area contributed by atoms with Crippen molar-refractivity contribution in [3.8, 4) is 0 Å². The van der Waals surface area contributed by atoms with Gasteiger partial charge in [0.05, 0.1) is 5.92 Å². The van der Waals surface area contributed by atoms with Crippen LogP contribution in [0.4, 0.5) is 0 Å². The summed E-state index contributed by atoms with van der Waals surface area (Å²) >= 11 is 0. The van der Waals surface area contributed by atoms with Crippen LogP contribution in [0.2, 0.25) is 0 Å². The van der Waals surface area contributed by atoms with Gasteiger partial charge in [-0.1, -0.05) is 19.8 Å². The summed E-state index contributed by atoms with van der Waals surface area (Å²) in [5, 5.41) is 3.36. The van der Waals surface area contributed by atoms with Gasteiger partial charge in [0.25, 0.3) is 5.97 Å². The molecular weight excluding hydrogens is 272 g/mol. The molecule has 1 unspecified atom stereocenters. The number of halogens is 2. The summed E-state index contributed by atoms with van der Waals surface area (Å²) in [6.07, 6.45) is 3.77. The Kier molecular flexibility index (Phi) is 15.6. The van der Waals surface area contributed by atoms with Gasteiger partial charge in [0.2, 0.25) is 0 Å². The number of hydrogen-bond donors (Lipinski definition) is 1. The lowest BCUT2D eigenvalue weighted by atomic mass is 9.97. The molecule has 108 valence electrons. The fourth-order valence-corrected chi connectivity index (χ4v) is 1.55. The topological polar surface area (TPSA) is 38.3 Å². The third kappa shape index (κ3) is 12.5. The lowest BCUT2D eigenvalue weighted by molar-refractivity contribution is -0.139. The molecule has 0 saturated heterocycles. The monoisotopic (exact) mass is 297 g/mol. The number of hydrogen-bond acceptors (Lipinski definition) is 3. The van der Waals surface area contributed by atoms with E-state index in [0.717, 1.165) is 32.2 Å². The lowest BCUT2D eigenvalue weighted by Gasteiger charge is -2.22. The summed E-state index contributed by atoms with van der Waals surface area (Å²) in [6.45, 7) is 9.24. The van der Waals surface area contributed by atoms with E-state index in [9.17, 15) is 4.79 Å². The summed E-state index contributed by atoms with van der Waals surface area (Å²) in [7, 11) is 4.93. The van der Waals surface area contributed by atoms with E-state index in [4.69, 9.17) is 8.05 Å². The van der Waals surface area contributed by atoms with Gasteiger partial charge in [-0.05, 0) is 40.2 Å². The van der Waals surface area contributed by atoms with Crippen molar-refractivity contribution < 1.29 is 9.45 Å². The quantitative estimate of drug-likeness (QED) is 0.734. The van der Waals surface area contributed by atoms with Crippen molar-refractivity contribution in [1.29, 1.82) is 0 Å². The van der Waals surface area contributed by atoms with Gasteiger partial charge in [0, 0.05) is 5.54 Å². The lowest BCUT2D eigenvalue weighted by Crippen LogP contribution is -2.37. The molecule has 0 bridgehead atoms. The average Bonchev–Trinajstić information content (AvgIpc) is 2.20. The molecule has 0 fully saturated rings. The van der Waals surface area contributed by atoms with Gasteiger partial charge in [0.1, 0.15) is 0 Å². The first-order valence-electron chi connectivity index (χ1n) is 6.06. The van der Waals surface area contributed by atoms with Crippen molar-refractivity contribution in [3.63, 3.8) is 0 Å². The number of carbonyl (C=O) groups is 1. The van der Waals surface area contributed by atoms with E-state index in [1.807, 2.05) is 0 Å². The molecule has 0 aliphatic rings. The minimum Gasteiger partial charge on any atom is -0.543 e. The van der Waals surface area contributed by atoms with Gasteiger partial charge in [-0.3, -0.25) is 4.79 Å². The van der Waals surface area contributed by atoms with Gasteiger partial charge in [-0.15, -0.1) is 24.8 Å². The predicted molar refractivity (Wildman–Crippen MR) is 81.7 cm³/mol. The van der Waals surface area contributed by atoms with Crippen LogP contribution < -0.4 is 5.32 Å². The smallest absolute Gasteiger partial charge is 0.378 e. The second-order valence-electron chi connectivity index (χ2n) is 5.24. The minimum atomic E-state index is -0.288. The highest BCUT2D eigenvalue weighted by Crippen LogP contribution is 2.14. The van der Waals surface area contributed by atoms with Crippen molar-refractivity contribution in [2.75, 3.05) is 6.54 Å². The molecule has 0 amide bonds. The molecule has 1 N–H and O–H groups in total. The highest BCUT2D eigenvalue weighted by Gasteiger charge is 2.18. The zero-order valence-corrected chi connectivity index (χ0v) is 13.5. The summed E-state index contributed by atoms with van der Waals surface area (Å²) in [4.78, 5) is 11.4. The molecule has 0 aromatic rings. The summed E-state index contributed by atoms with van der Waals surface area (Å²) in [5.74, 6) is -0.357. The summed E-state index contributed by atoms with van der Waals surface area (Å²) in [5.41, 5.74) is 0.0852. The van der Waals surface area contributed by atoms with E-state index in [2.05, 4.69) is 37.7 Å². The minimum absolute atomic E-state index is 0. The zero-order valence-electron chi connectivity index (χ0n) is 11.8. The van der Waals surface area contributed by atoms with E-state index in [1.165, 1.54) is 0 Å². The maximum atomic E-state index is 11.4. The fraction of sp³-hybridized carbons (Fsp3) is 0.917. The first-order valence-corrected chi connectivity index (χ1v) is 6.06. The Morgan fingerprint density at radius 1 is 1.28 bits per heavy atom. The summed E-state index contributed by atoms with van der Waals surface area (Å²) in [6, 6.07) is 0. The van der Waals surface area contributed by atoms with Gasteiger partial charge in [-0.25, -0.2) is 0 Å². The van der Waals surface area contributed by atoms with Crippen LogP contribution in [-0.2, 0) is 9.45 Å². The second kappa shape index (κ2) is 12.1. The molecule has 2 radical (unpaired) electrons. The first-order chi connectivity index (χ1) is 7.40. The number of rotatable bonds is 7. The van der Waals surface area contributed by atoms with Crippen molar-refractivity contribution in [2.45, 2.75) is 58.9 Å². The predicted octanol–water partition coefficient (Wildman–Crippen LogP) is 3.04. The molecule has 0 heterocycles. The maximum absolute atomic E-state index is 11.4. The molecule has 0 spiro atoms. The normalized spacial score (nSPS) is 12.0. The van der Waals surface area contributed by atoms with Crippen molar-refractivity contribution in [2.24, 2.45) is 5.92 Å².